The Morgan fingerprint density at radius 3 is 2.07 bits per heavy atom. The van der Waals surface area contributed by atoms with Crippen LogP contribution in [-0.2, 0) is 14.8 Å². The summed E-state index contributed by atoms with van der Waals surface area (Å²) in [6.45, 7) is 5.93. The zero-order valence-electron chi connectivity index (χ0n) is 16.3. The number of hydrogen-bond acceptors (Lipinski definition) is 3. The maximum absolute atomic E-state index is 12.7. The third-order valence-corrected chi connectivity index (χ3v) is 7.32. The van der Waals surface area contributed by atoms with Gasteiger partial charge in [0.05, 0.1) is 37.1 Å². The fourth-order valence-electron chi connectivity index (χ4n) is 3.54. The smallest absolute Gasteiger partial charge is 0.278 e. The second-order valence-corrected chi connectivity index (χ2v) is 9.18. The van der Waals surface area contributed by atoms with Gasteiger partial charge in [-0.05, 0) is 31.5 Å². The molecule has 150 valence electrons. The van der Waals surface area contributed by atoms with Gasteiger partial charge in [-0.1, -0.05) is 48.5 Å². The van der Waals surface area contributed by atoms with Gasteiger partial charge in [-0.15, -0.1) is 0 Å². The number of carbonyl (C=O) groups excluding carboxylic acids is 1. The van der Waals surface area contributed by atoms with Gasteiger partial charge in [0.1, 0.15) is 0 Å². The number of benzene rings is 2. The van der Waals surface area contributed by atoms with Crippen molar-refractivity contribution in [1.82, 2.24) is 9.62 Å². The van der Waals surface area contributed by atoms with Gasteiger partial charge in [0.25, 0.3) is 5.91 Å². The maximum atomic E-state index is 12.7. The molecule has 0 radical (unpaired) electrons. The van der Waals surface area contributed by atoms with Gasteiger partial charge in [0.15, 0.2) is 6.04 Å². The van der Waals surface area contributed by atoms with Crippen LogP contribution in [0, 0.1) is 0 Å². The molecular formula is C21H28N3O3S+. The van der Waals surface area contributed by atoms with Crippen molar-refractivity contribution in [3.05, 3.63) is 66.2 Å². The number of sulfonamides is 1. The van der Waals surface area contributed by atoms with Crippen LogP contribution in [0.1, 0.15) is 25.5 Å². The van der Waals surface area contributed by atoms with Crippen LogP contribution in [0.15, 0.2) is 65.6 Å². The van der Waals surface area contributed by atoms with E-state index in [4.69, 9.17) is 0 Å². The van der Waals surface area contributed by atoms with Crippen molar-refractivity contribution in [2.45, 2.75) is 30.8 Å². The van der Waals surface area contributed by atoms with E-state index in [2.05, 4.69) is 5.32 Å². The zero-order chi connectivity index (χ0) is 20.1. The number of piperazine rings is 1. The standard InChI is InChI=1S/C21H27N3O3S/c1-17(19-9-5-3-6-10-19)22-21(25)18(2)23-13-15-24(16-14-23)28(26,27)20-11-7-4-8-12-20/h3-12,17-18H,13-16H2,1-2H3,(H,22,25)/p+1/t17-,18-/m0/s1. The fourth-order valence-corrected chi connectivity index (χ4v) is 5.00. The number of nitrogens with one attached hydrogen (secondary N) is 2. The van der Waals surface area contributed by atoms with Crippen molar-refractivity contribution in [1.29, 1.82) is 0 Å². The second-order valence-electron chi connectivity index (χ2n) is 7.24. The molecule has 2 aromatic carbocycles. The van der Waals surface area contributed by atoms with Crippen LogP contribution < -0.4 is 10.2 Å². The summed E-state index contributed by atoms with van der Waals surface area (Å²) in [6.07, 6.45) is 0. The Hall–Kier alpha value is -2.22. The first kappa shape index (κ1) is 20.5. The van der Waals surface area contributed by atoms with Gasteiger partial charge >= 0.3 is 0 Å². The van der Waals surface area contributed by atoms with Crippen molar-refractivity contribution in [2.24, 2.45) is 0 Å². The summed E-state index contributed by atoms with van der Waals surface area (Å²) >= 11 is 0. The quantitative estimate of drug-likeness (QED) is 0.752. The lowest BCUT2D eigenvalue weighted by atomic mass is 10.1. The number of hydrogen-bond donors (Lipinski definition) is 2. The van der Waals surface area contributed by atoms with Crippen LogP contribution in [0.2, 0.25) is 0 Å². The molecule has 3 rings (SSSR count). The maximum Gasteiger partial charge on any atom is 0.278 e. The number of amides is 1. The average molecular weight is 403 g/mol. The van der Waals surface area contributed by atoms with Crippen molar-refractivity contribution in [3.63, 3.8) is 0 Å². The predicted octanol–water partition coefficient (Wildman–Crippen LogP) is 0.842. The lowest BCUT2D eigenvalue weighted by Crippen LogP contribution is -3.19. The molecular weight excluding hydrogens is 374 g/mol. The monoisotopic (exact) mass is 402 g/mol. The van der Waals surface area contributed by atoms with Gasteiger partial charge in [-0.25, -0.2) is 8.42 Å². The minimum atomic E-state index is -3.47. The Balaban J connectivity index is 1.56. The molecule has 0 unspecified atom stereocenters. The van der Waals surface area contributed by atoms with E-state index in [1.54, 1.807) is 30.3 Å². The van der Waals surface area contributed by atoms with Crippen LogP contribution >= 0.6 is 0 Å². The number of rotatable bonds is 6. The minimum Gasteiger partial charge on any atom is -0.344 e. The van der Waals surface area contributed by atoms with E-state index in [0.29, 0.717) is 31.1 Å². The van der Waals surface area contributed by atoms with Crippen molar-refractivity contribution in [2.75, 3.05) is 26.2 Å². The Morgan fingerprint density at radius 1 is 0.964 bits per heavy atom. The molecule has 0 spiro atoms. The summed E-state index contributed by atoms with van der Waals surface area (Å²) in [6, 6.07) is 18.1. The summed E-state index contributed by atoms with van der Waals surface area (Å²) in [5.41, 5.74) is 1.07. The van der Waals surface area contributed by atoms with E-state index in [9.17, 15) is 13.2 Å². The molecule has 7 heteroatoms. The first-order valence-corrected chi connectivity index (χ1v) is 11.1. The zero-order valence-corrected chi connectivity index (χ0v) is 17.2. The van der Waals surface area contributed by atoms with Crippen LogP contribution in [0.3, 0.4) is 0 Å². The molecule has 1 amide bonds. The van der Waals surface area contributed by atoms with E-state index >= 15 is 0 Å². The van der Waals surface area contributed by atoms with E-state index < -0.39 is 10.0 Å². The van der Waals surface area contributed by atoms with E-state index in [0.717, 1.165) is 10.5 Å². The predicted molar refractivity (Wildman–Crippen MR) is 108 cm³/mol. The Kier molecular flexibility index (Phi) is 6.49. The molecule has 0 aromatic heterocycles. The molecule has 1 heterocycles. The summed E-state index contributed by atoms with van der Waals surface area (Å²) in [4.78, 5) is 14.1. The number of carbonyl (C=O) groups is 1. The molecule has 28 heavy (non-hydrogen) atoms. The van der Waals surface area contributed by atoms with Crippen molar-refractivity contribution < 1.29 is 18.1 Å². The average Bonchev–Trinajstić information content (AvgIpc) is 2.74. The summed E-state index contributed by atoms with van der Waals surface area (Å²) in [5, 5.41) is 3.07. The van der Waals surface area contributed by atoms with E-state index in [1.165, 1.54) is 4.31 Å². The topological polar surface area (TPSA) is 70.9 Å². The van der Waals surface area contributed by atoms with E-state index in [1.807, 2.05) is 44.2 Å². The van der Waals surface area contributed by atoms with Crippen molar-refractivity contribution in [3.8, 4) is 0 Å². The molecule has 0 bridgehead atoms. The normalized spacial score (nSPS) is 18.4. The lowest BCUT2D eigenvalue weighted by Gasteiger charge is -2.34. The molecule has 1 saturated heterocycles. The molecule has 2 N–H and O–H groups in total. The third-order valence-electron chi connectivity index (χ3n) is 5.41. The Bertz CT molecular complexity index is 880. The first-order valence-electron chi connectivity index (χ1n) is 9.64. The highest BCUT2D eigenvalue weighted by atomic mass is 32.2. The second kappa shape index (κ2) is 8.86. The molecule has 0 aliphatic carbocycles. The third kappa shape index (κ3) is 4.60. The van der Waals surface area contributed by atoms with Crippen LogP contribution in [-0.4, -0.2) is 50.9 Å². The van der Waals surface area contributed by atoms with Gasteiger partial charge in [0, 0.05) is 0 Å². The number of quaternary nitrogens is 1. The molecule has 1 aliphatic rings. The van der Waals surface area contributed by atoms with E-state index in [-0.39, 0.29) is 18.0 Å². The molecule has 1 fully saturated rings. The fraction of sp³-hybridized carbons (Fsp3) is 0.381. The summed E-state index contributed by atoms with van der Waals surface area (Å²) < 4.78 is 27.0. The molecule has 6 nitrogen and oxygen atoms in total. The summed E-state index contributed by atoms with van der Waals surface area (Å²) in [5.74, 6) is -0.00859. The lowest BCUT2D eigenvalue weighted by molar-refractivity contribution is -0.917. The highest BCUT2D eigenvalue weighted by Gasteiger charge is 2.34. The van der Waals surface area contributed by atoms with Gasteiger partial charge in [0.2, 0.25) is 10.0 Å². The largest absolute Gasteiger partial charge is 0.344 e. The van der Waals surface area contributed by atoms with Crippen LogP contribution in [0.5, 0.6) is 0 Å². The Morgan fingerprint density at radius 2 is 1.50 bits per heavy atom. The van der Waals surface area contributed by atoms with Gasteiger partial charge < -0.3 is 10.2 Å². The van der Waals surface area contributed by atoms with Crippen molar-refractivity contribution >= 4 is 15.9 Å². The summed E-state index contributed by atoms with van der Waals surface area (Å²) in [7, 11) is -3.47. The Labute approximate surface area is 167 Å². The minimum absolute atomic E-state index is 0.00859. The molecule has 0 saturated carbocycles. The molecule has 2 aromatic rings. The molecule has 1 aliphatic heterocycles. The van der Waals surface area contributed by atoms with Crippen LogP contribution in [0.25, 0.3) is 0 Å². The highest BCUT2D eigenvalue weighted by Crippen LogP contribution is 2.15. The SMILES string of the molecule is C[C@H](NC(=O)[C@H](C)[NH+]1CCN(S(=O)(=O)c2ccccc2)CC1)c1ccccc1. The first-order chi connectivity index (χ1) is 13.4. The highest BCUT2D eigenvalue weighted by molar-refractivity contribution is 7.89. The van der Waals surface area contributed by atoms with Crippen LogP contribution in [0.4, 0.5) is 0 Å². The van der Waals surface area contributed by atoms with Gasteiger partial charge in [-0.2, -0.15) is 4.31 Å². The molecule has 2 atom stereocenters. The van der Waals surface area contributed by atoms with Gasteiger partial charge in [-0.3, -0.25) is 4.79 Å². The number of nitrogens with zero attached hydrogens (tertiary/aromatic N) is 1.